The predicted octanol–water partition coefficient (Wildman–Crippen LogP) is 4.88. The largest absolute Gasteiger partial charge is 0.478 e. The van der Waals surface area contributed by atoms with Crippen molar-refractivity contribution in [1.29, 1.82) is 0 Å². The molecule has 0 unspecified atom stereocenters. The van der Waals surface area contributed by atoms with E-state index in [2.05, 4.69) is 4.98 Å². The van der Waals surface area contributed by atoms with E-state index in [1.54, 1.807) is 23.9 Å². The van der Waals surface area contributed by atoms with Crippen molar-refractivity contribution in [3.8, 4) is 0 Å². The van der Waals surface area contributed by atoms with E-state index in [-0.39, 0.29) is 0 Å². The number of pyridine rings is 1. The Bertz CT molecular complexity index is 834. The number of hydrogen-bond acceptors (Lipinski definition) is 3. The molecule has 0 fully saturated rings. The lowest BCUT2D eigenvalue weighted by atomic mass is 10.1. The summed E-state index contributed by atoms with van der Waals surface area (Å²) in [6, 6.07) is 16.5. The molecular weight excluding hydrogens is 318 g/mol. The van der Waals surface area contributed by atoms with E-state index in [0.29, 0.717) is 10.6 Å². The van der Waals surface area contributed by atoms with Crippen molar-refractivity contribution in [2.45, 2.75) is 10.8 Å². The van der Waals surface area contributed by atoms with Gasteiger partial charge >= 0.3 is 5.97 Å². The number of aromatic carboxylic acids is 1. The maximum atomic E-state index is 10.8. The van der Waals surface area contributed by atoms with Crippen molar-refractivity contribution in [2.24, 2.45) is 0 Å². The van der Waals surface area contributed by atoms with Crippen LogP contribution in [0.5, 0.6) is 0 Å². The molecular formula is C17H12ClNO2S. The summed E-state index contributed by atoms with van der Waals surface area (Å²) in [5.74, 6) is -0.166. The molecule has 0 aliphatic rings. The van der Waals surface area contributed by atoms with Gasteiger partial charge in [-0.05, 0) is 42.0 Å². The van der Waals surface area contributed by atoms with Crippen molar-refractivity contribution in [2.75, 3.05) is 0 Å². The number of rotatable bonds is 4. The van der Waals surface area contributed by atoms with Crippen LogP contribution in [0.4, 0.5) is 0 Å². The molecule has 0 bridgehead atoms. The monoisotopic (exact) mass is 329 g/mol. The number of hydrogen-bond donors (Lipinski definition) is 1. The minimum absolute atomic E-state index is 0.300. The molecule has 0 spiro atoms. The van der Waals surface area contributed by atoms with Crippen LogP contribution in [0.15, 0.2) is 59.6 Å². The summed E-state index contributed by atoms with van der Waals surface area (Å²) in [5.41, 5.74) is 2.28. The lowest BCUT2D eigenvalue weighted by Gasteiger charge is -2.04. The van der Waals surface area contributed by atoms with Gasteiger partial charge < -0.3 is 5.11 Å². The highest BCUT2D eigenvalue weighted by Crippen LogP contribution is 2.25. The third-order valence-electron chi connectivity index (χ3n) is 3.21. The molecule has 3 rings (SSSR count). The van der Waals surface area contributed by atoms with Crippen LogP contribution in [0.3, 0.4) is 0 Å². The van der Waals surface area contributed by atoms with Crippen molar-refractivity contribution < 1.29 is 9.90 Å². The van der Waals surface area contributed by atoms with E-state index in [9.17, 15) is 4.79 Å². The van der Waals surface area contributed by atoms with E-state index in [1.165, 1.54) is 0 Å². The van der Waals surface area contributed by atoms with Gasteiger partial charge in [-0.2, -0.15) is 0 Å². The first-order valence-corrected chi connectivity index (χ1v) is 7.99. The fourth-order valence-electron chi connectivity index (χ4n) is 2.06. The Balaban J connectivity index is 1.73. The number of halogens is 1. The van der Waals surface area contributed by atoms with Crippen molar-refractivity contribution in [3.63, 3.8) is 0 Å². The SMILES string of the molecule is O=C(O)c1ccc(CSc2ccc3cc(Cl)ccc3n2)cc1. The predicted molar refractivity (Wildman–Crippen MR) is 89.7 cm³/mol. The van der Waals surface area contributed by atoms with E-state index < -0.39 is 5.97 Å². The number of carbonyl (C=O) groups is 1. The summed E-state index contributed by atoms with van der Waals surface area (Å²) >= 11 is 7.58. The van der Waals surface area contributed by atoms with Gasteiger partial charge in [-0.3, -0.25) is 0 Å². The zero-order valence-electron chi connectivity index (χ0n) is 11.5. The lowest BCUT2D eigenvalue weighted by Crippen LogP contribution is -1.95. The average Bonchev–Trinajstić information content (AvgIpc) is 2.53. The number of aromatic nitrogens is 1. The first-order valence-electron chi connectivity index (χ1n) is 6.63. The smallest absolute Gasteiger partial charge is 0.335 e. The highest BCUT2D eigenvalue weighted by molar-refractivity contribution is 7.98. The Kier molecular flexibility index (Phi) is 4.32. The lowest BCUT2D eigenvalue weighted by molar-refractivity contribution is 0.0697. The highest BCUT2D eigenvalue weighted by atomic mass is 35.5. The van der Waals surface area contributed by atoms with Gasteiger partial charge in [0.15, 0.2) is 0 Å². The van der Waals surface area contributed by atoms with Crippen LogP contribution in [-0.4, -0.2) is 16.1 Å². The van der Waals surface area contributed by atoms with Crippen LogP contribution >= 0.6 is 23.4 Å². The molecule has 0 aliphatic carbocycles. The van der Waals surface area contributed by atoms with Gasteiger partial charge in [0.2, 0.25) is 0 Å². The van der Waals surface area contributed by atoms with Crippen LogP contribution in [-0.2, 0) is 5.75 Å². The average molecular weight is 330 g/mol. The number of nitrogens with zero attached hydrogens (tertiary/aromatic N) is 1. The van der Waals surface area contributed by atoms with Crippen molar-refractivity contribution in [3.05, 3.63) is 70.7 Å². The molecule has 0 radical (unpaired) electrons. The summed E-state index contributed by atoms with van der Waals surface area (Å²) in [5, 5.41) is 11.5. The number of carboxylic acid groups (broad SMARTS) is 1. The van der Waals surface area contributed by atoms with Crippen LogP contribution in [0.1, 0.15) is 15.9 Å². The van der Waals surface area contributed by atoms with Crippen LogP contribution in [0, 0.1) is 0 Å². The van der Waals surface area contributed by atoms with Gasteiger partial charge in [0.1, 0.15) is 0 Å². The molecule has 3 nitrogen and oxygen atoms in total. The second-order valence-electron chi connectivity index (χ2n) is 4.78. The number of thioether (sulfide) groups is 1. The van der Waals surface area contributed by atoms with E-state index in [1.807, 2.05) is 42.5 Å². The Morgan fingerprint density at radius 1 is 1.09 bits per heavy atom. The number of carboxylic acids is 1. The fourth-order valence-corrected chi connectivity index (χ4v) is 3.07. The molecule has 0 saturated carbocycles. The Morgan fingerprint density at radius 3 is 2.59 bits per heavy atom. The molecule has 0 saturated heterocycles. The third-order valence-corrected chi connectivity index (χ3v) is 4.45. The number of benzene rings is 2. The first kappa shape index (κ1) is 14.9. The zero-order valence-corrected chi connectivity index (χ0v) is 13.1. The molecule has 0 aliphatic heterocycles. The van der Waals surface area contributed by atoms with Crippen molar-refractivity contribution >= 4 is 40.2 Å². The molecule has 22 heavy (non-hydrogen) atoms. The van der Waals surface area contributed by atoms with Gasteiger partial charge in [0.05, 0.1) is 16.1 Å². The normalized spacial score (nSPS) is 10.8. The summed E-state index contributed by atoms with van der Waals surface area (Å²) in [4.78, 5) is 15.4. The molecule has 2 aromatic carbocycles. The Labute approximate surface area is 137 Å². The van der Waals surface area contributed by atoms with E-state index in [0.717, 1.165) is 27.2 Å². The van der Waals surface area contributed by atoms with Gasteiger partial charge in [-0.1, -0.05) is 29.8 Å². The van der Waals surface area contributed by atoms with Gasteiger partial charge in [0, 0.05) is 16.2 Å². The molecule has 1 heterocycles. The standard InChI is InChI=1S/C17H12ClNO2S/c18-14-6-7-15-13(9-14)5-8-16(19-15)22-10-11-1-3-12(4-2-11)17(20)21/h1-9H,10H2,(H,20,21). The minimum atomic E-state index is -0.908. The Morgan fingerprint density at radius 2 is 1.86 bits per heavy atom. The molecule has 3 aromatic rings. The molecule has 0 atom stereocenters. The first-order chi connectivity index (χ1) is 10.6. The van der Waals surface area contributed by atoms with Crippen molar-refractivity contribution in [1.82, 2.24) is 4.98 Å². The molecule has 1 N–H and O–H groups in total. The summed E-state index contributed by atoms with van der Waals surface area (Å²) in [6.07, 6.45) is 0. The van der Waals surface area contributed by atoms with Crippen LogP contribution in [0.25, 0.3) is 10.9 Å². The van der Waals surface area contributed by atoms with Gasteiger partial charge in [-0.15, -0.1) is 11.8 Å². The second kappa shape index (κ2) is 6.38. The van der Waals surface area contributed by atoms with Crippen LogP contribution < -0.4 is 0 Å². The highest BCUT2D eigenvalue weighted by Gasteiger charge is 2.04. The van der Waals surface area contributed by atoms with E-state index >= 15 is 0 Å². The summed E-state index contributed by atoms with van der Waals surface area (Å²) in [7, 11) is 0. The molecule has 110 valence electrons. The summed E-state index contributed by atoms with van der Waals surface area (Å²) in [6.45, 7) is 0. The quantitative estimate of drug-likeness (QED) is 0.693. The minimum Gasteiger partial charge on any atom is -0.478 e. The Hall–Kier alpha value is -2.04. The molecule has 5 heteroatoms. The topological polar surface area (TPSA) is 50.2 Å². The van der Waals surface area contributed by atoms with Gasteiger partial charge in [-0.25, -0.2) is 9.78 Å². The fraction of sp³-hybridized carbons (Fsp3) is 0.0588. The molecule has 0 amide bonds. The zero-order chi connectivity index (χ0) is 15.5. The molecule has 1 aromatic heterocycles. The maximum Gasteiger partial charge on any atom is 0.335 e. The maximum absolute atomic E-state index is 10.8. The summed E-state index contributed by atoms with van der Waals surface area (Å²) < 4.78 is 0. The second-order valence-corrected chi connectivity index (χ2v) is 6.21. The van der Waals surface area contributed by atoms with E-state index in [4.69, 9.17) is 16.7 Å². The van der Waals surface area contributed by atoms with Crippen LogP contribution in [0.2, 0.25) is 5.02 Å². The van der Waals surface area contributed by atoms with Gasteiger partial charge in [0.25, 0.3) is 0 Å². The number of fused-ring (bicyclic) bond motifs is 1. The third kappa shape index (κ3) is 3.40.